The molecule has 5 heteroatoms. The zero-order valence-electron chi connectivity index (χ0n) is 7.20. The number of nitrogens with zero attached hydrogens (tertiary/aromatic N) is 1. The van der Waals surface area contributed by atoms with Crippen molar-refractivity contribution < 1.29 is 13.1 Å². The predicted octanol–water partition coefficient (Wildman–Crippen LogP) is 0.180. The monoisotopic (exact) mass is 181 g/mol. The number of hydrogen-bond acceptors (Lipinski definition) is 3. The van der Waals surface area contributed by atoms with E-state index in [-0.39, 0.29) is 0 Å². The summed E-state index contributed by atoms with van der Waals surface area (Å²) in [5.74, 6) is 0. The Balaban J connectivity index is 3.65. The van der Waals surface area contributed by atoms with E-state index in [9.17, 15) is 4.21 Å². The van der Waals surface area contributed by atoms with Gasteiger partial charge in [-0.05, 0) is 0 Å². The van der Waals surface area contributed by atoms with Crippen LogP contribution in [0, 0.1) is 0 Å². The van der Waals surface area contributed by atoms with Gasteiger partial charge in [0.25, 0.3) is 0 Å². The van der Waals surface area contributed by atoms with E-state index in [1.165, 1.54) is 7.11 Å². The summed E-state index contributed by atoms with van der Waals surface area (Å²) in [6.45, 7) is 3.83. The normalized spacial score (nSPS) is 13.8. The Morgan fingerprint density at radius 1 is 1.45 bits per heavy atom. The summed E-state index contributed by atoms with van der Waals surface area (Å²) in [4.78, 5) is 0. The third-order valence-corrected chi connectivity index (χ3v) is 2.40. The summed E-state index contributed by atoms with van der Waals surface area (Å²) in [6.07, 6.45) is 0. The molecule has 0 aromatic rings. The summed E-state index contributed by atoms with van der Waals surface area (Å²) < 4.78 is 22.2. The van der Waals surface area contributed by atoms with Gasteiger partial charge >= 0.3 is 0 Å². The Bertz CT molecular complexity index is 120. The first kappa shape index (κ1) is 11.0. The molecule has 0 heterocycles. The lowest BCUT2D eigenvalue weighted by Gasteiger charge is -2.15. The zero-order valence-corrected chi connectivity index (χ0v) is 8.02. The van der Waals surface area contributed by atoms with Gasteiger partial charge in [0.1, 0.15) is 0 Å². The van der Waals surface area contributed by atoms with Gasteiger partial charge < -0.3 is 4.74 Å². The third kappa shape index (κ3) is 4.47. The van der Waals surface area contributed by atoms with Crippen molar-refractivity contribution in [3.63, 3.8) is 0 Å². The van der Waals surface area contributed by atoms with E-state index >= 15 is 0 Å². The Labute approximate surface area is 70.3 Å². The van der Waals surface area contributed by atoms with Crippen molar-refractivity contribution in [3.05, 3.63) is 0 Å². The zero-order chi connectivity index (χ0) is 8.69. The molecule has 0 spiro atoms. The molecule has 1 unspecified atom stereocenters. The second-order valence-electron chi connectivity index (χ2n) is 1.90. The SMILES string of the molecule is CCN(CCOC)S(=O)OC. The summed E-state index contributed by atoms with van der Waals surface area (Å²) in [6, 6.07) is 0. The van der Waals surface area contributed by atoms with E-state index in [1.54, 1.807) is 11.4 Å². The van der Waals surface area contributed by atoms with E-state index in [0.717, 1.165) is 0 Å². The molecule has 68 valence electrons. The molecule has 0 N–H and O–H groups in total. The summed E-state index contributed by atoms with van der Waals surface area (Å²) in [5.41, 5.74) is 0. The van der Waals surface area contributed by atoms with Crippen LogP contribution in [0.3, 0.4) is 0 Å². The molecule has 0 aliphatic carbocycles. The maximum absolute atomic E-state index is 11.0. The lowest BCUT2D eigenvalue weighted by atomic mass is 10.6. The lowest BCUT2D eigenvalue weighted by Crippen LogP contribution is -2.29. The van der Waals surface area contributed by atoms with Crippen LogP contribution in [0.5, 0.6) is 0 Å². The molecule has 0 aliphatic rings. The van der Waals surface area contributed by atoms with Gasteiger partial charge in [0.15, 0.2) is 0 Å². The molecule has 0 amide bonds. The molecule has 0 saturated heterocycles. The first-order valence-electron chi connectivity index (χ1n) is 3.46. The van der Waals surface area contributed by atoms with Crippen LogP contribution < -0.4 is 0 Å². The Hall–Kier alpha value is 0.0300. The molecular formula is C6H15NO3S. The van der Waals surface area contributed by atoms with Crippen LogP contribution in [0.15, 0.2) is 0 Å². The molecule has 0 rings (SSSR count). The molecule has 0 fully saturated rings. The van der Waals surface area contributed by atoms with E-state index < -0.39 is 11.3 Å². The van der Waals surface area contributed by atoms with Crippen LogP contribution in [0.1, 0.15) is 6.92 Å². The Kier molecular flexibility index (Phi) is 6.74. The maximum atomic E-state index is 11.0. The van der Waals surface area contributed by atoms with E-state index in [2.05, 4.69) is 4.18 Å². The van der Waals surface area contributed by atoms with Gasteiger partial charge in [-0.2, -0.15) is 4.31 Å². The van der Waals surface area contributed by atoms with Gasteiger partial charge in [0.2, 0.25) is 11.3 Å². The van der Waals surface area contributed by atoms with Gasteiger partial charge in [-0.25, -0.2) is 4.21 Å². The standard InChI is InChI=1S/C6H15NO3S/c1-4-7(5-6-9-2)11(8)10-3/h4-6H2,1-3H3. The van der Waals surface area contributed by atoms with Crippen molar-refractivity contribution in [2.45, 2.75) is 6.92 Å². The van der Waals surface area contributed by atoms with E-state index in [0.29, 0.717) is 19.7 Å². The minimum absolute atomic E-state index is 0.572. The Morgan fingerprint density at radius 3 is 2.45 bits per heavy atom. The largest absolute Gasteiger partial charge is 0.383 e. The summed E-state index contributed by atoms with van der Waals surface area (Å²) in [7, 11) is 3.04. The van der Waals surface area contributed by atoms with Gasteiger partial charge in [-0.3, -0.25) is 4.18 Å². The second-order valence-corrected chi connectivity index (χ2v) is 3.18. The highest BCUT2D eigenvalue weighted by Gasteiger charge is 2.08. The molecule has 0 aliphatic heterocycles. The van der Waals surface area contributed by atoms with Crippen LogP contribution in [0.25, 0.3) is 0 Å². The van der Waals surface area contributed by atoms with Crippen LogP contribution in [0.2, 0.25) is 0 Å². The predicted molar refractivity (Wildman–Crippen MR) is 44.3 cm³/mol. The minimum Gasteiger partial charge on any atom is -0.383 e. The van der Waals surface area contributed by atoms with Crippen molar-refractivity contribution >= 4 is 11.3 Å². The molecule has 0 bridgehead atoms. The highest BCUT2D eigenvalue weighted by Crippen LogP contribution is 1.94. The average Bonchev–Trinajstić information content (AvgIpc) is 2.05. The quantitative estimate of drug-likeness (QED) is 0.586. The van der Waals surface area contributed by atoms with Crippen molar-refractivity contribution in [3.8, 4) is 0 Å². The van der Waals surface area contributed by atoms with Gasteiger partial charge in [0.05, 0.1) is 13.7 Å². The van der Waals surface area contributed by atoms with Gasteiger partial charge in [-0.1, -0.05) is 6.92 Å². The molecule has 0 saturated carbocycles. The molecule has 11 heavy (non-hydrogen) atoms. The number of ether oxygens (including phenoxy) is 1. The number of methoxy groups -OCH3 is 1. The maximum Gasteiger partial charge on any atom is 0.236 e. The average molecular weight is 181 g/mol. The van der Waals surface area contributed by atoms with Gasteiger partial charge in [0, 0.05) is 20.2 Å². The van der Waals surface area contributed by atoms with Gasteiger partial charge in [-0.15, -0.1) is 0 Å². The number of hydrogen-bond donors (Lipinski definition) is 0. The van der Waals surface area contributed by atoms with Crippen molar-refractivity contribution in [1.82, 2.24) is 4.31 Å². The smallest absolute Gasteiger partial charge is 0.236 e. The van der Waals surface area contributed by atoms with Crippen LogP contribution in [-0.4, -0.2) is 42.4 Å². The van der Waals surface area contributed by atoms with Crippen molar-refractivity contribution in [2.24, 2.45) is 0 Å². The lowest BCUT2D eigenvalue weighted by molar-refractivity contribution is 0.178. The third-order valence-electron chi connectivity index (χ3n) is 1.25. The van der Waals surface area contributed by atoms with Crippen molar-refractivity contribution in [1.29, 1.82) is 0 Å². The van der Waals surface area contributed by atoms with Crippen molar-refractivity contribution in [2.75, 3.05) is 33.9 Å². The Morgan fingerprint density at radius 2 is 2.09 bits per heavy atom. The highest BCUT2D eigenvalue weighted by molar-refractivity contribution is 7.77. The van der Waals surface area contributed by atoms with Crippen LogP contribution >= 0.6 is 0 Å². The first-order chi connectivity index (χ1) is 5.26. The number of likely N-dealkylation sites (N-methyl/N-ethyl adjacent to an activating group) is 1. The van der Waals surface area contributed by atoms with E-state index in [1.807, 2.05) is 6.92 Å². The summed E-state index contributed by atoms with van der Waals surface area (Å²) >= 11 is -1.31. The number of rotatable bonds is 6. The fourth-order valence-corrected chi connectivity index (χ4v) is 1.28. The molecule has 1 atom stereocenters. The topological polar surface area (TPSA) is 38.8 Å². The minimum atomic E-state index is -1.31. The fourth-order valence-electron chi connectivity index (χ4n) is 0.637. The first-order valence-corrected chi connectivity index (χ1v) is 4.49. The second kappa shape index (κ2) is 6.72. The molecule has 0 aromatic heterocycles. The highest BCUT2D eigenvalue weighted by atomic mass is 32.2. The molecule has 4 nitrogen and oxygen atoms in total. The molecular weight excluding hydrogens is 166 g/mol. The molecule has 0 radical (unpaired) electrons. The van der Waals surface area contributed by atoms with E-state index in [4.69, 9.17) is 4.74 Å². The van der Waals surface area contributed by atoms with Crippen LogP contribution in [0.4, 0.5) is 0 Å². The fraction of sp³-hybridized carbons (Fsp3) is 1.00. The molecule has 0 aromatic carbocycles. The van der Waals surface area contributed by atoms with Crippen LogP contribution in [-0.2, 0) is 20.2 Å². The summed E-state index contributed by atoms with van der Waals surface area (Å²) in [5, 5.41) is 0.